The van der Waals surface area contributed by atoms with Gasteiger partial charge in [0, 0.05) is 44.1 Å². The van der Waals surface area contributed by atoms with Gasteiger partial charge in [-0.25, -0.2) is 0 Å². The van der Waals surface area contributed by atoms with Gasteiger partial charge in [-0.05, 0) is 37.0 Å². The Hall–Kier alpha value is -1.71. The van der Waals surface area contributed by atoms with Crippen LogP contribution in [0.15, 0.2) is 23.2 Å². The normalized spacial score (nSPS) is 21.9. The first-order valence-electron chi connectivity index (χ1n) is 11.7. The van der Waals surface area contributed by atoms with Gasteiger partial charge in [0.1, 0.15) is 0 Å². The second kappa shape index (κ2) is 10.9. The van der Waals surface area contributed by atoms with E-state index in [0.29, 0.717) is 6.79 Å². The number of carbonyl (C=O) groups excluding carboxylic acids is 1. The van der Waals surface area contributed by atoms with Crippen molar-refractivity contribution in [1.82, 2.24) is 15.5 Å². The van der Waals surface area contributed by atoms with Crippen LogP contribution < -0.4 is 20.1 Å². The lowest BCUT2D eigenvalue weighted by Gasteiger charge is -2.38. The maximum atomic E-state index is 12.3. The molecule has 2 aliphatic heterocycles. The number of guanidine groups is 1. The Balaban J connectivity index is 0.00000289. The maximum Gasteiger partial charge on any atom is 0.231 e. The Morgan fingerprint density at radius 1 is 1.22 bits per heavy atom. The lowest BCUT2D eigenvalue weighted by atomic mass is 9.69. The molecule has 0 spiro atoms. The number of ether oxygens (including phenoxy) is 2. The van der Waals surface area contributed by atoms with Gasteiger partial charge in [-0.15, -0.1) is 24.0 Å². The molecule has 1 saturated heterocycles. The molecule has 1 aromatic rings. The molecule has 2 heterocycles. The van der Waals surface area contributed by atoms with Crippen LogP contribution in [0.25, 0.3) is 0 Å². The van der Waals surface area contributed by atoms with Crippen LogP contribution in [-0.4, -0.2) is 56.3 Å². The predicted octanol–water partition coefficient (Wildman–Crippen LogP) is 3.66. The Labute approximate surface area is 208 Å². The van der Waals surface area contributed by atoms with Crippen LogP contribution in [-0.2, 0) is 10.2 Å². The molecule has 1 aromatic carbocycles. The third-order valence-corrected chi connectivity index (χ3v) is 6.95. The molecule has 178 valence electrons. The zero-order valence-electron chi connectivity index (χ0n) is 19.5. The van der Waals surface area contributed by atoms with Gasteiger partial charge in [-0.2, -0.15) is 0 Å². The van der Waals surface area contributed by atoms with Crippen LogP contribution in [0.5, 0.6) is 11.5 Å². The van der Waals surface area contributed by atoms with E-state index < -0.39 is 0 Å². The molecule has 2 fully saturated rings. The van der Waals surface area contributed by atoms with E-state index in [1.807, 2.05) is 31.9 Å². The lowest BCUT2D eigenvalue weighted by molar-refractivity contribution is -0.133. The third kappa shape index (κ3) is 5.43. The van der Waals surface area contributed by atoms with Crippen molar-refractivity contribution in [3.8, 4) is 11.5 Å². The molecule has 1 amide bonds. The molecule has 8 heteroatoms. The number of hydrogen-bond acceptors (Lipinski definition) is 4. The minimum absolute atomic E-state index is 0. The molecule has 0 radical (unpaired) electrons. The van der Waals surface area contributed by atoms with E-state index in [1.165, 1.54) is 24.8 Å². The summed E-state index contributed by atoms with van der Waals surface area (Å²) in [5.74, 6) is 2.78. The molecule has 4 rings (SSSR count). The summed E-state index contributed by atoms with van der Waals surface area (Å²) in [6.45, 7) is 6.61. The van der Waals surface area contributed by atoms with Crippen molar-refractivity contribution in [2.75, 3.05) is 33.5 Å². The lowest BCUT2D eigenvalue weighted by Crippen LogP contribution is -2.50. The topological polar surface area (TPSA) is 75.2 Å². The van der Waals surface area contributed by atoms with Gasteiger partial charge in [0.15, 0.2) is 17.5 Å². The smallest absolute Gasteiger partial charge is 0.231 e. The Morgan fingerprint density at radius 2 is 1.97 bits per heavy atom. The Kier molecular flexibility index (Phi) is 8.52. The van der Waals surface area contributed by atoms with Crippen molar-refractivity contribution < 1.29 is 14.3 Å². The summed E-state index contributed by atoms with van der Waals surface area (Å²) in [4.78, 5) is 18.7. The minimum Gasteiger partial charge on any atom is -0.454 e. The highest BCUT2D eigenvalue weighted by molar-refractivity contribution is 14.0. The number of amides is 1. The average molecular weight is 556 g/mol. The summed E-state index contributed by atoms with van der Waals surface area (Å²) in [6.07, 6.45) is 7.01. The van der Waals surface area contributed by atoms with Gasteiger partial charge in [0.05, 0.1) is 0 Å². The summed E-state index contributed by atoms with van der Waals surface area (Å²) < 4.78 is 11.2. The second-order valence-electron chi connectivity index (χ2n) is 9.40. The molecule has 2 N–H and O–H groups in total. The number of carbonyl (C=O) groups is 1. The fourth-order valence-corrected chi connectivity index (χ4v) is 5.11. The first kappa shape index (κ1) is 24.9. The molecule has 1 saturated carbocycles. The molecule has 0 aromatic heterocycles. The van der Waals surface area contributed by atoms with Crippen molar-refractivity contribution >= 4 is 35.8 Å². The number of benzene rings is 1. The van der Waals surface area contributed by atoms with Gasteiger partial charge >= 0.3 is 0 Å². The van der Waals surface area contributed by atoms with Gasteiger partial charge < -0.3 is 25.0 Å². The molecule has 1 aliphatic carbocycles. The quantitative estimate of drug-likeness (QED) is 0.329. The Morgan fingerprint density at radius 3 is 2.69 bits per heavy atom. The van der Waals surface area contributed by atoms with E-state index >= 15 is 0 Å². The van der Waals surface area contributed by atoms with E-state index in [1.54, 1.807) is 0 Å². The molecule has 1 unspecified atom stereocenters. The van der Waals surface area contributed by atoms with Crippen molar-refractivity contribution in [2.24, 2.45) is 10.9 Å². The fourth-order valence-electron chi connectivity index (χ4n) is 5.11. The van der Waals surface area contributed by atoms with Crippen LogP contribution in [0.2, 0.25) is 0 Å². The van der Waals surface area contributed by atoms with Crippen LogP contribution >= 0.6 is 24.0 Å². The zero-order valence-corrected chi connectivity index (χ0v) is 21.8. The van der Waals surface area contributed by atoms with E-state index in [0.717, 1.165) is 56.4 Å². The maximum absolute atomic E-state index is 12.3. The van der Waals surface area contributed by atoms with Gasteiger partial charge in [0.25, 0.3) is 0 Å². The van der Waals surface area contributed by atoms with E-state index in [2.05, 4.69) is 27.8 Å². The van der Waals surface area contributed by atoms with Crippen molar-refractivity contribution in [3.63, 3.8) is 0 Å². The summed E-state index contributed by atoms with van der Waals surface area (Å²) >= 11 is 0. The monoisotopic (exact) mass is 556 g/mol. The number of nitrogens with zero attached hydrogens (tertiary/aromatic N) is 2. The first-order chi connectivity index (χ1) is 15.0. The largest absolute Gasteiger partial charge is 0.454 e. The summed E-state index contributed by atoms with van der Waals surface area (Å²) in [5, 5.41) is 7.14. The number of nitrogens with one attached hydrogen (secondary N) is 2. The zero-order chi connectivity index (χ0) is 21.8. The molecule has 3 aliphatic rings. The minimum atomic E-state index is 0. The summed E-state index contributed by atoms with van der Waals surface area (Å²) in [5.41, 5.74) is 1.38. The first-order valence-corrected chi connectivity index (χ1v) is 11.7. The summed E-state index contributed by atoms with van der Waals surface area (Å²) in [6, 6.07) is 6.64. The molecular formula is C24H37IN4O3. The SMILES string of the molecule is CN=C(NCC1(c2ccc3c(c2)OCO3)CCCCC1)NC1CCN(C(=O)C(C)C)C1.I. The number of fused-ring (bicyclic) bond motifs is 1. The fraction of sp³-hybridized carbons (Fsp3) is 0.667. The number of aliphatic imine (C=N–C) groups is 1. The van der Waals surface area contributed by atoms with Crippen LogP contribution in [0, 0.1) is 5.92 Å². The van der Waals surface area contributed by atoms with Crippen molar-refractivity contribution in [1.29, 1.82) is 0 Å². The van der Waals surface area contributed by atoms with Gasteiger partial charge in [-0.1, -0.05) is 39.2 Å². The van der Waals surface area contributed by atoms with E-state index in [-0.39, 0.29) is 47.3 Å². The molecule has 1 atom stereocenters. The number of rotatable bonds is 5. The molecule has 0 bridgehead atoms. The van der Waals surface area contributed by atoms with Gasteiger partial charge in [-0.3, -0.25) is 9.79 Å². The highest BCUT2D eigenvalue weighted by Gasteiger charge is 2.36. The summed E-state index contributed by atoms with van der Waals surface area (Å²) in [7, 11) is 1.81. The molecular weight excluding hydrogens is 519 g/mol. The highest BCUT2D eigenvalue weighted by atomic mass is 127. The predicted molar refractivity (Wildman–Crippen MR) is 137 cm³/mol. The third-order valence-electron chi connectivity index (χ3n) is 6.95. The van der Waals surface area contributed by atoms with E-state index in [9.17, 15) is 4.79 Å². The molecule has 7 nitrogen and oxygen atoms in total. The van der Waals surface area contributed by atoms with E-state index in [4.69, 9.17) is 9.47 Å². The highest BCUT2D eigenvalue weighted by Crippen LogP contribution is 2.43. The van der Waals surface area contributed by atoms with Crippen LogP contribution in [0.4, 0.5) is 0 Å². The second-order valence-corrected chi connectivity index (χ2v) is 9.40. The standard InChI is InChI=1S/C24H36N4O3.HI/c1-17(2)22(29)28-12-9-19(14-28)27-23(25-3)26-15-24(10-5-4-6-11-24)18-7-8-20-21(13-18)31-16-30-20;/h7-8,13,17,19H,4-6,9-12,14-16H2,1-3H3,(H2,25,26,27);1H. The average Bonchev–Trinajstić information content (AvgIpc) is 3.45. The van der Waals surface area contributed by atoms with Crippen LogP contribution in [0.1, 0.15) is 57.9 Å². The number of halogens is 1. The van der Waals surface area contributed by atoms with Crippen molar-refractivity contribution in [3.05, 3.63) is 23.8 Å². The molecule has 32 heavy (non-hydrogen) atoms. The van der Waals surface area contributed by atoms with Crippen molar-refractivity contribution in [2.45, 2.75) is 63.8 Å². The number of likely N-dealkylation sites (tertiary alicyclic amines) is 1. The van der Waals surface area contributed by atoms with Crippen LogP contribution in [0.3, 0.4) is 0 Å². The van der Waals surface area contributed by atoms with Gasteiger partial charge in [0.2, 0.25) is 12.7 Å². The Bertz CT molecular complexity index is 823. The number of hydrogen-bond donors (Lipinski definition) is 2.